The first-order valence-corrected chi connectivity index (χ1v) is 10.4. The summed E-state index contributed by atoms with van der Waals surface area (Å²) in [5, 5.41) is 30.3. The first-order valence-electron chi connectivity index (χ1n) is 7.95. The minimum absolute atomic E-state index is 0.0374. The molecule has 13 heteroatoms. The van der Waals surface area contributed by atoms with Gasteiger partial charge in [-0.2, -0.15) is 5.26 Å². The average molecular weight is 428 g/mol. The fraction of sp³-hybridized carbons (Fsp3) is 0.643. The van der Waals surface area contributed by atoms with Crippen LogP contribution < -0.4 is 0 Å². The van der Waals surface area contributed by atoms with E-state index in [1.807, 2.05) is 6.07 Å². The maximum atomic E-state index is 12.7. The molecular formula is C14H17N7O3S3. The average Bonchev–Trinajstić information content (AvgIpc) is 3.04. The number of amides is 1. The van der Waals surface area contributed by atoms with E-state index < -0.39 is 17.4 Å². The van der Waals surface area contributed by atoms with Crippen molar-refractivity contribution >= 4 is 52.6 Å². The van der Waals surface area contributed by atoms with Crippen molar-refractivity contribution in [3.8, 4) is 6.07 Å². The Balaban J connectivity index is 1.73. The normalized spacial score (nSPS) is 26.7. The molecule has 3 heterocycles. The summed E-state index contributed by atoms with van der Waals surface area (Å²) in [4.78, 5) is 28.4. The number of hydrogen-bond donors (Lipinski definition) is 1. The highest BCUT2D eigenvalue weighted by Gasteiger charge is 2.58. The second-order valence-electron chi connectivity index (χ2n) is 6.38. The smallest absolute Gasteiger partial charge is 0.313 e. The van der Waals surface area contributed by atoms with Crippen LogP contribution >= 0.6 is 35.7 Å². The van der Waals surface area contributed by atoms with Crippen LogP contribution in [0.2, 0.25) is 0 Å². The van der Waals surface area contributed by atoms with Gasteiger partial charge >= 0.3 is 5.97 Å². The van der Waals surface area contributed by atoms with Gasteiger partial charge in [0.15, 0.2) is 0 Å². The molecule has 1 aromatic rings. The van der Waals surface area contributed by atoms with E-state index in [9.17, 15) is 14.7 Å². The fourth-order valence-electron chi connectivity index (χ4n) is 3.06. The van der Waals surface area contributed by atoms with E-state index in [0.29, 0.717) is 15.9 Å². The first-order chi connectivity index (χ1) is 12.8. The number of β-lactam (4-membered cyclic amide) rings is 1. The number of thiocarbonyl (C=S) groups is 1. The summed E-state index contributed by atoms with van der Waals surface area (Å²) >= 11 is 7.84. The van der Waals surface area contributed by atoms with E-state index >= 15 is 0 Å². The Bertz CT molecular complexity index is 825. The lowest BCUT2D eigenvalue weighted by atomic mass is 9.89. The monoisotopic (exact) mass is 427 g/mol. The van der Waals surface area contributed by atoms with E-state index in [4.69, 9.17) is 17.5 Å². The van der Waals surface area contributed by atoms with Gasteiger partial charge in [-0.25, -0.2) is 4.68 Å². The number of fused-ring (bicyclic) bond motifs is 1. The quantitative estimate of drug-likeness (QED) is 0.281. The Hall–Kier alpha value is -1.91. The van der Waals surface area contributed by atoms with Crippen molar-refractivity contribution < 1.29 is 14.7 Å². The van der Waals surface area contributed by atoms with Gasteiger partial charge in [0.2, 0.25) is 11.1 Å². The number of nitriles is 1. The molecule has 10 nitrogen and oxygen atoms in total. The maximum Gasteiger partial charge on any atom is 0.313 e. The third kappa shape index (κ3) is 3.48. The summed E-state index contributed by atoms with van der Waals surface area (Å²) in [6.45, 7) is 1.84. The summed E-state index contributed by atoms with van der Waals surface area (Å²) in [7, 11) is 1.68. The largest absolute Gasteiger partial charge is 0.481 e. The van der Waals surface area contributed by atoms with Crippen molar-refractivity contribution in [3.63, 3.8) is 0 Å². The van der Waals surface area contributed by atoms with Crippen molar-refractivity contribution in [2.24, 2.45) is 12.5 Å². The number of carboxylic acid groups (broad SMARTS) is 1. The number of carbonyl (C=O) groups is 2. The Kier molecular flexibility index (Phi) is 5.59. The van der Waals surface area contributed by atoms with Crippen molar-refractivity contribution in [2.75, 3.05) is 24.6 Å². The van der Waals surface area contributed by atoms with E-state index in [1.165, 1.54) is 28.2 Å². The lowest BCUT2D eigenvalue weighted by Crippen LogP contribution is -2.74. The molecule has 1 N–H and O–H groups in total. The SMILES string of the molecule is CC(=S)N(CC#N)C1C(=O)N2CC(CSc3nnnn3C)(C(=O)O)CS[C@H]12. The van der Waals surface area contributed by atoms with Gasteiger partial charge in [0.25, 0.3) is 0 Å². The minimum Gasteiger partial charge on any atom is -0.481 e. The Morgan fingerprint density at radius 3 is 2.93 bits per heavy atom. The highest BCUT2D eigenvalue weighted by Crippen LogP contribution is 2.45. The second kappa shape index (κ2) is 7.61. The summed E-state index contributed by atoms with van der Waals surface area (Å²) in [6.07, 6.45) is 0. The van der Waals surface area contributed by atoms with Crippen LogP contribution in [0.4, 0.5) is 0 Å². The number of hydrogen-bond acceptors (Lipinski definition) is 9. The highest BCUT2D eigenvalue weighted by molar-refractivity contribution is 8.00. The lowest BCUT2D eigenvalue weighted by Gasteiger charge is -2.56. The summed E-state index contributed by atoms with van der Waals surface area (Å²) in [6, 6.07) is 1.52. The second-order valence-corrected chi connectivity index (χ2v) is 9.02. The molecule has 0 saturated carbocycles. The summed E-state index contributed by atoms with van der Waals surface area (Å²) in [5.41, 5.74) is -1.09. The Labute approximate surface area is 169 Å². The van der Waals surface area contributed by atoms with Gasteiger partial charge in [0.05, 0.1) is 11.1 Å². The molecule has 1 aromatic heterocycles. The molecule has 2 saturated heterocycles. The number of aromatic nitrogens is 4. The number of aliphatic carboxylic acids is 1. The molecule has 3 rings (SSSR count). The van der Waals surface area contributed by atoms with Crippen LogP contribution in [0.1, 0.15) is 6.92 Å². The van der Waals surface area contributed by atoms with Crippen LogP contribution in [-0.4, -0.2) is 88.0 Å². The van der Waals surface area contributed by atoms with E-state index in [2.05, 4.69) is 15.5 Å². The first kappa shape index (κ1) is 19.8. The van der Waals surface area contributed by atoms with Crippen LogP contribution in [0.25, 0.3) is 0 Å². The van der Waals surface area contributed by atoms with Crippen molar-refractivity contribution in [2.45, 2.75) is 23.5 Å². The van der Waals surface area contributed by atoms with Gasteiger partial charge in [-0.15, -0.1) is 16.9 Å². The van der Waals surface area contributed by atoms with Crippen LogP contribution in [-0.2, 0) is 16.6 Å². The number of thioether (sulfide) groups is 2. The lowest BCUT2D eigenvalue weighted by molar-refractivity contribution is -0.158. The molecule has 144 valence electrons. The van der Waals surface area contributed by atoms with Gasteiger partial charge in [0, 0.05) is 25.1 Å². The highest BCUT2D eigenvalue weighted by atomic mass is 32.2. The Morgan fingerprint density at radius 1 is 1.63 bits per heavy atom. The van der Waals surface area contributed by atoms with Crippen LogP contribution in [0.3, 0.4) is 0 Å². The molecule has 0 bridgehead atoms. The van der Waals surface area contributed by atoms with Gasteiger partial charge in [-0.1, -0.05) is 24.0 Å². The predicted octanol–water partition coefficient (Wildman–Crippen LogP) is -0.170. The predicted molar refractivity (Wildman–Crippen MR) is 102 cm³/mol. The van der Waals surface area contributed by atoms with Crippen molar-refractivity contribution in [3.05, 3.63) is 0 Å². The molecule has 0 aromatic carbocycles. The van der Waals surface area contributed by atoms with E-state index in [1.54, 1.807) is 23.8 Å². The number of tetrazole rings is 1. The standard InChI is InChI=1S/C14H17N7O3S3/c1-8(25)20(4-3-15)9-10(22)21-5-14(12(23)24,6-26-11(9)21)7-27-13-16-17-18-19(13)2/h9,11H,4-7H2,1-2H3,(H,23,24)/t9?,11-,14?/m1/s1. The molecule has 1 amide bonds. The van der Waals surface area contributed by atoms with Gasteiger partial charge in [0.1, 0.15) is 23.4 Å². The molecule has 2 fully saturated rings. The van der Waals surface area contributed by atoms with Gasteiger partial charge in [-0.05, 0) is 17.4 Å². The van der Waals surface area contributed by atoms with E-state index in [0.717, 1.165) is 0 Å². The number of rotatable bonds is 6. The molecule has 2 unspecified atom stereocenters. The third-order valence-corrected chi connectivity index (χ3v) is 7.72. The van der Waals surface area contributed by atoms with E-state index in [-0.39, 0.29) is 30.1 Å². The molecule has 3 atom stereocenters. The number of carboxylic acids is 1. The summed E-state index contributed by atoms with van der Waals surface area (Å²) < 4.78 is 1.48. The number of nitrogens with zero attached hydrogens (tertiary/aromatic N) is 7. The topological polar surface area (TPSA) is 128 Å². The third-order valence-electron chi connectivity index (χ3n) is 4.61. The maximum absolute atomic E-state index is 12.7. The fourth-order valence-corrected chi connectivity index (χ4v) is 6.02. The Morgan fingerprint density at radius 2 is 2.37 bits per heavy atom. The van der Waals surface area contributed by atoms with Crippen LogP contribution in [0, 0.1) is 16.7 Å². The molecule has 27 heavy (non-hydrogen) atoms. The van der Waals surface area contributed by atoms with Gasteiger partial charge < -0.3 is 14.9 Å². The molecule has 2 aliphatic heterocycles. The zero-order chi connectivity index (χ0) is 19.8. The zero-order valence-corrected chi connectivity index (χ0v) is 17.1. The molecular weight excluding hydrogens is 410 g/mol. The van der Waals surface area contributed by atoms with Gasteiger partial charge in [-0.3, -0.25) is 9.59 Å². The minimum atomic E-state index is -1.09. The van der Waals surface area contributed by atoms with Crippen molar-refractivity contribution in [1.82, 2.24) is 30.0 Å². The molecule has 0 spiro atoms. The summed E-state index contributed by atoms with van der Waals surface area (Å²) in [5.74, 6) is -0.545. The van der Waals surface area contributed by atoms with Crippen LogP contribution in [0.15, 0.2) is 5.16 Å². The van der Waals surface area contributed by atoms with Crippen molar-refractivity contribution in [1.29, 1.82) is 5.26 Å². The number of carbonyl (C=O) groups excluding carboxylic acids is 1. The van der Waals surface area contributed by atoms with Crippen LogP contribution in [0.5, 0.6) is 0 Å². The number of aryl methyl sites for hydroxylation is 1. The molecule has 2 aliphatic rings. The zero-order valence-electron chi connectivity index (χ0n) is 14.6. The molecule has 0 radical (unpaired) electrons. The molecule has 0 aliphatic carbocycles.